The number of benzene rings is 2. The highest BCUT2D eigenvalue weighted by molar-refractivity contribution is 6.39. The molecule has 2 aromatic carbocycles. The van der Waals surface area contributed by atoms with Crippen molar-refractivity contribution >= 4 is 41.2 Å². The van der Waals surface area contributed by atoms with Crippen molar-refractivity contribution in [3.8, 4) is 17.6 Å². The molecule has 1 fully saturated rings. The summed E-state index contributed by atoms with van der Waals surface area (Å²) in [6.07, 6.45) is 1.23. The number of carbonyl (C=O) groups is 3. The molecule has 1 aliphatic rings. The second kappa shape index (κ2) is 8.63. The monoisotopic (exact) mass is 429 g/mol. The maximum absolute atomic E-state index is 13.2. The minimum Gasteiger partial charge on any atom is -0.493 e. The second-order valence-corrected chi connectivity index (χ2v) is 6.32. The van der Waals surface area contributed by atoms with Crippen LogP contribution in [-0.4, -0.2) is 31.6 Å². The molecule has 0 radical (unpaired) electrons. The molecule has 2 aromatic rings. The van der Waals surface area contributed by atoms with Crippen LogP contribution in [0.25, 0.3) is 6.08 Å². The van der Waals surface area contributed by atoms with Gasteiger partial charge in [0.25, 0.3) is 11.8 Å². The van der Waals surface area contributed by atoms with Gasteiger partial charge in [0.1, 0.15) is 17.5 Å². The number of hydrogen-bond donors (Lipinski definition) is 1. The molecule has 0 atom stereocenters. The fraction of sp³-hybridized carbons (Fsp3) is 0.100. The van der Waals surface area contributed by atoms with Gasteiger partial charge in [-0.05, 0) is 48.0 Å². The number of hydrogen-bond acceptors (Lipinski definition) is 6. The highest BCUT2D eigenvalue weighted by atomic mass is 35.5. The van der Waals surface area contributed by atoms with Crippen LogP contribution in [0.3, 0.4) is 0 Å². The van der Waals surface area contributed by atoms with Crippen LogP contribution in [0.2, 0.25) is 5.02 Å². The van der Waals surface area contributed by atoms with Gasteiger partial charge in [0.2, 0.25) is 0 Å². The van der Waals surface area contributed by atoms with Crippen LogP contribution in [0, 0.1) is 17.1 Å². The lowest BCUT2D eigenvalue weighted by Gasteiger charge is -2.26. The van der Waals surface area contributed by atoms with E-state index < -0.39 is 23.7 Å². The number of ether oxygens (including phenoxy) is 2. The summed E-state index contributed by atoms with van der Waals surface area (Å²) in [6.45, 7) is -0.258. The number of nitrogens with zero attached hydrogens (tertiary/aromatic N) is 2. The van der Waals surface area contributed by atoms with Gasteiger partial charge in [-0.3, -0.25) is 14.9 Å². The fourth-order valence-corrected chi connectivity index (χ4v) is 2.99. The molecule has 0 aliphatic carbocycles. The van der Waals surface area contributed by atoms with Crippen molar-refractivity contribution in [2.24, 2.45) is 0 Å². The standard InChI is InChI=1S/C20H13ClFN3O5/c1-29-16-10-11(9-15(21)17(16)30-7-6-23)8-14-18(26)24-20(28)25(19(14)27)13-4-2-12(22)3-5-13/h2-5,8-10H,7H2,1H3,(H,24,26,28)/b14-8+. The first kappa shape index (κ1) is 20.8. The number of urea groups is 1. The van der Waals surface area contributed by atoms with Crippen molar-refractivity contribution in [1.29, 1.82) is 5.26 Å². The van der Waals surface area contributed by atoms with E-state index in [0.29, 0.717) is 5.56 Å². The third kappa shape index (κ3) is 4.09. The maximum Gasteiger partial charge on any atom is 0.335 e. The molecular weight excluding hydrogens is 417 g/mol. The molecule has 152 valence electrons. The van der Waals surface area contributed by atoms with Crippen molar-refractivity contribution in [3.63, 3.8) is 0 Å². The molecule has 0 unspecified atom stereocenters. The molecule has 30 heavy (non-hydrogen) atoms. The minimum atomic E-state index is -0.954. The van der Waals surface area contributed by atoms with Crippen LogP contribution in [0.5, 0.6) is 11.5 Å². The Labute approximate surface area is 175 Å². The normalized spacial score (nSPS) is 15.1. The number of amides is 4. The molecule has 1 aliphatic heterocycles. The van der Waals surface area contributed by atoms with E-state index in [-0.39, 0.29) is 34.4 Å². The van der Waals surface area contributed by atoms with Crippen molar-refractivity contribution in [1.82, 2.24) is 5.32 Å². The van der Waals surface area contributed by atoms with Gasteiger partial charge in [-0.15, -0.1) is 0 Å². The average Bonchev–Trinajstić information content (AvgIpc) is 2.71. The summed E-state index contributed by atoms with van der Waals surface area (Å²) < 4.78 is 23.6. The zero-order valence-electron chi connectivity index (χ0n) is 15.4. The third-order valence-electron chi connectivity index (χ3n) is 4.03. The largest absolute Gasteiger partial charge is 0.493 e. The van der Waals surface area contributed by atoms with Crippen molar-refractivity contribution in [3.05, 3.63) is 58.4 Å². The van der Waals surface area contributed by atoms with Crippen LogP contribution in [0.1, 0.15) is 5.56 Å². The van der Waals surface area contributed by atoms with Gasteiger partial charge in [-0.1, -0.05) is 11.6 Å². The number of barbiturate groups is 1. The second-order valence-electron chi connectivity index (χ2n) is 5.92. The molecule has 4 amide bonds. The summed E-state index contributed by atoms with van der Waals surface area (Å²) in [5.74, 6) is -2.03. The van der Waals surface area contributed by atoms with Crippen LogP contribution >= 0.6 is 11.6 Å². The number of nitrogens with one attached hydrogen (secondary N) is 1. The highest BCUT2D eigenvalue weighted by Crippen LogP contribution is 2.37. The number of anilines is 1. The Kier molecular flexibility index (Phi) is 5.99. The smallest absolute Gasteiger partial charge is 0.335 e. The number of halogens is 2. The number of carbonyl (C=O) groups excluding carboxylic acids is 3. The van der Waals surface area contributed by atoms with Gasteiger partial charge < -0.3 is 9.47 Å². The average molecular weight is 430 g/mol. The summed E-state index contributed by atoms with van der Waals surface area (Å²) >= 11 is 6.17. The van der Waals surface area contributed by atoms with E-state index >= 15 is 0 Å². The van der Waals surface area contributed by atoms with Gasteiger partial charge in [0.15, 0.2) is 18.1 Å². The quantitative estimate of drug-likeness (QED) is 0.578. The first-order valence-corrected chi connectivity index (χ1v) is 8.77. The maximum atomic E-state index is 13.2. The number of rotatable bonds is 5. The zero-order chi connectivity index (χ0) is 21.8. The van der Waals surface area contributed by atoms with Gasteiger partial charge in [0.05, 0.1) is 17.8 Å². The van der Waals surface area contributed by atoms with E-state index in [1.165, 1.54) is 37.5 Å². The SMILES string of the molecule is COc1cc(/C=C2\C(=O)NC(=O)N(c3ccc(F)cc3)C2=O)cc(Cl)c1OCC#N. The summed E-state index contributed by atoms with van der Waals surface area (Å²) in [6, 6.07) is 8.35. The lowest BCUT2D eigenvalue weighted by molar-refractivity contribution is -0.122. The van der Waals surface area contributed by atoms with E-state index in [1.807, 2.05) is 6.07 Å². The van der Waals surface area contributed by atoms with Crippen LogP contribution < -0.4 is 19.7 Å². The zero-order valence-corrected chi connectivity index (χ0v) is 16.2. The van der Waals surface area contributed by atoms with Crippen LogP contribution in [-0.2, 0) is 9.59 Å². The molecule has 1 heterocycles. The topological polar surface area (TPSA) is 109 Å². The van der Waals surface area contributed by atoms with E-state index in [4.69, 9.17) is 26.3 Å². The van der Waals surface area contributed by atoms with E-state index in [2.05, 4.69) is 5.32 Å². The predicted molar refractivity (Wildman–Crippen MR) is 105 cm³/mol. The first-order chi connectivity index (χ1) is 14.3. The molecule has 10 heteroatoms. The molecule has 0 aromatic heterocycles. The summed E-state index contributed by atoms with van der Waals surface area (Å²) in [5, 5.41) is 10.8. The Morgan fingerprint density at radius 1 is 1.23 bits per heavy atom. The highest BCUT2D eigenvalue weighted by Gasteiger charge is 2.36. The van der Waals surface area contributed by atoms with E-state index in [0.717, 1.165) is 17.0 Å². The molecule has 0 bridgehead atoms. The van der Waals surface area contributed by atoms with Crippen molar-refractivity contribution in [2.75, 3.05) is 18.6 Å². The Bertz CT molecular complexity index is 1110. The van der Waals surface area contributed by atoms with E-state index in [9.17, 15) is 18.8 Å². The van der Waals surface area contributed by atoms with Gasteiger partial charge in [-0.25, -0.2) is 14.1 Å². The van der Waals surface area contributed by atoms with Gasteiger partial charge in [-0.2, -0.15) is 5.26 Å². The molecule has 3 rings (SSSR count). The molecular formula is C20H13ClFN3O5. The molecule has 8 nitrogen and oxygen atoms in total. The Balaban J connectivity index is 2.01. The number of nitriles is 1. The lowest BCUT2D eigenvalue weighted by atomic mass is 10.1. The van der Waals surface area contributed by atoms with Crippen LogP contribution in [0.15, 0.2) is 42.0 Å². The predicted octanol–water partition coefficient (Wildman–Crippen LogP) is 3.06. The van der Waals surface area contributed by atoms with Gasteiger partial charge in [0, 0.05) is 0 Å². The van der Waals surface area contributed by atoms with Crippen LogP contribution in [0.4, 0.5) is 14.9 Å². The molecule has 0 spiro atoms. The number of imide groups is 2. The summed E-state index contributed by atoms with van der Waals surface area (Å²) in [4.78, 5) is 38.0. The Morgan fingerprint density at radius 3 is 2.57 bits per heavy atom. The minimum absolute atomic E-state index is 0.0894. The van der Waals surface area contributed by atoms with Gasteiger partial charge >= 0.3 is 6.03 Å². The Morgan fingerprint density at radius 2 is 1.93 bits per heavy atom. The lowest BCUT2D eigenvalue weighted by Crippen LogP contribution is -2.54. The summed E-state index contributed by atoms with van der Waals surface area (Å²) in [7, 11) is 1.36. The molecule has 1 saturated heterocycles. The van der Waals surface area contributed by atoms with Crippen molar-refractivity contribution < 1.29 is 28.2 Å². The third-order valence-corrected chi connectivity index (χ3v) is 4.31. The molecule has 1 N–H and O–H groups in total. The first-order valence-electron chi connectivity index (χ1n) is 8.40. The number of methoxy groups -OCH3 is 1. The van der Waals surface area contributed by atoms with Crippen molar-refractivity contribution in [2.45, 2.75) is 0 Å². The molecule has 0 saturated carbocycles. The summed E-state index contributed by atoms with van der Waals surface area (Å²) in [5.41, 5.74) is 0.0592. The Hall–Kier alpha value is -3.90. The fourth-order valence-electron chi connectivity index (χ4n) is 2.72. The van der Waals surface area contributed by atoms with E-state index in [1.54, 1.807) is 0 Å².